The first-order valence-corrected chi connectivity index (χ1v) is 7.78. The number of benzene rings is 1. The number of halogens is 1. The molecule has 2 rings (SSSR count). The standard InChI is InChI=1S/C17H22N2O4.ClH/c1-11(19-9-7-13(8-10-19)17(22)23)16(21)18-15-6-4-3-5-14(15)12(2)20;/h3-6,11,13H,7-10H2,1-2H3,(H,18,21)(H,22,23);1H. The highest BCUT2D eigenvalue weighted by Gasteiger charge is 2.29. The zero-order valence-corrected chi connectivity index (χ0v) is 14.6. The Morgan fingerprint density at radius 3 is 2.33 bits per heavy atom. The van der Waals surface area contributed by atoms with Crippen LogP contribution in [0.3, 0.4) is 0 Å². The summed E-state index contributed by atoms with van der Waals surface area (Å²) in [7, 11) is 0. The Bertz CT molecular complexity index is 612. The van der Waals surface area contributed by atoms with Crippen molar-refractivity contribution in [3.8, 4) is 0 Å². The molecule has 0 bridgehead atoms. The van der Waals surface area contributed by atoms with E-state index >= 15 is 0 Å². The van der Waals surface area contributed by atoms with Crippen LogP contribution in [-0.4, -0.2) is 46.8 Å². The fraction of sp³-hybridized carbons (Fsp3) is 0.471. The fourth-order valence-corrected chi connectivity index (χ4v) is 2.84. The number of carbonyl (C=O) groups is 3. The molecule has 1 aliphatic rings. The van der Waals surface area contributed by atoms with Crippen molar-refractivity contribution >= 4 is 35.8 Å². The molecule has 0 saturated carbocycles. The number of nitrogens with one attached hydrogen (secondary N) is 1. The third-order valence-electron chi connectivity index (χ3n) is 4.37. The van der Waals surface area contributed by atoms with Crippen molar-refractivity contribution < 1.29 is 19.5 Å². The molecule has 0 spiro atoms. The number of nitrogens with zero attached hydrogens (tertiary/aromatic N) is 1. The summed E-state index contributed by atoms with van der Waals surface area (Å²) < 4.78 is 0. The molecule has 1 aromatic carbocycles. The zero-order chi connectivity index (χ0) is 17.0. The molecule has 1 heterocycles. The minimum atomic E-state index is -0.767. The molecule has 6 nitrogen and oxygen atoms in total. The van der Waals surface area contributed by atoms with E-state index in [9.17, 15) is 14.4 Å². The Hall–Kier alpha value is -1.92. The highest BCUT2D eigenvalue weighted by molar-refractivity contribution is 6.04. The Morgan fingerprint density at radius 2 is 1.79 bits per heavy atom. The number of carboxylic acid groups (broad SMARTS) is 1. The number of para-hydroxylation sites is 1. The van der Waals surface area contributed by atoms with Gasteiger partial charge in [0.25, 0.3) is 0 Å². The number of carbonyl (C=O) groups excluding carboxylic acids is 2. The molecular formula is C17H23ClN2O4. The summed E-state index contributed by atoms with van der Waals surface area (Å²) in [5.74, 6) is -1.37. The second kappa shape index (κ2) is 8.80. The summed E-state index contributed by atoms with van der Waals surface area (Å²) in [6.45, 7) is 4.43. The van der Waals surface area contributed by atoms with E-state index in [2.05, 4.69) is 5.32 Å². The van der Waals surface area contributed by atoms with Crippen LogP contribution in [0.5, 0.6) is 0 Å². The number of rotatable bonds is 5. The molecule has 0 aliphatic carbocycles. The third-order valence-corrected chi connectivity index (χ3v) is 4.37. The second-order valence-corrected chi connectivity index (χ2v) is 5.92. The lowest BCUT2D eigenvalue weighted by atomic mass is 9.96. The van der Waals surface area contributed by atoms with Gasteiger partial charge in [0.05, 0.1) is 17.6 Å². The van der Waals surface area contributed by atoms with E-state index in [1.165, 1.54) is 6.92 Å². The van der Waals surface area contributed by atoms with Gasteiger partial charge in [0.15, 0.2) is 5.78 Å². The van der Waals surface area contributed by atoms with Crippen molar-refractivity contribution in [1.29, 1.82) is 0 Å². The van der Waals surface area contributed by atoms with Crippen molar-refractivity contribution in [3.63, 3.8) is 0 Å². The number of aliphatic carboxylic acids is 1. The van der Waals surface area contributed by atoms with Crippen molar-refractivity contribution in [2.24, 2.45) is 5.92 Å². The van der Waals surface area contributed by atoms with Crippen molar-refractivity contribution in [3.05, 3.63) is 29.8 Å². The van der Waals surface area contributed by atoms with Gasteiger partial charge in [-0.15, -0.1) is 12.4 Å². The maximum absolute atomic E-state index is 12.4. The number of hydrogen-bond donors (Lipinski definition) is 2. The summed E-state index contributed by atoms with van der Waals surface area (Å²) in [6, 6.07) is 6.54. The number of anilines is 1. The molecule has 7 heteroatoms. The van der Waals surface area contributed by atoms with Gasteiger partial charge in [-0.3, -0.25) is 19.3 Å². The fourth-order valence-electron chi connectivity index (χ4n) is 2.84. The monoisotopic (exact) mass is 354 g/mol. The number of piperidine rings is 1. The maximum atomic E-state index is 12.4. The van der Waals surface area contributed by atoms with Crippen LogP contribution in [0.25, 0.3) is 0 Å². The average molecular weight is 355 g/mol. The largest absolute Gasteiger partial charge is 0.481 e. The summed E-state index contributed by atoms with van der Waals surface area (Å²) in [5.41, 5.74) is 0.995. The van der Waals surface area contributed by atoms with E-state index in [1.54, 1.807) is 31.2 Å². The number of carboxylic acids is 1. The molecule has 0 aromatic heterocycles. The molecule has 1 amide bonds. The Balaban J connectivity index is 0.00000288. The van der Waals surface area contributed by atoms with Gasteiger partial charge in [-0.05, 0) is 51.9 Å². The van der Waals surface area contributed by atoms with Crippen LogP contribution < -0.4 is 5.32 Å². The van der Waals surface area contributed by atoms with Crippen LogP contribution in [0.2, 0.25) is 0 Å². The highest BCUT2D eigenvalue weighted by Crippen LogP contribution is 2.21. The Kier molecular flexibility index (Phi) is 7.38. The molecule has 1 fully saturated rings. The molecule has 1 aromatic rings. The van der Waals surface area contributed by atoms with Gasteiger partial charge in [0.2, 0.25) is 5.91 Å². The van der Waals surface area contributed by atoms with Crippen LogP contribution in [0.15, 0.2) is 24.3 Å². The Labute approximate surface area is 147 Å². The molecule has 0 radical (unpaired) electrons. The van der Waals surface area contributed by atoms with Crippen LogP contribution >= 0.6 is 12.4 Å². The molecular weight excluding hydrogens is 332 g/mol. The van der Waals surface area contributed by atoms with E-state index < -0.39 is 5.97 Å². The highest BCUT2D eigenvalue weighted by atomic mass is 35.5. The van der Waals surface area contributed by atoms with E-state index in [0.29, 0.717) is 37.2 Å². The van der Waals surface area contributed by atoms with Gasteiger partial charge in [-0.1, -0.05) is 12.1 Å². The van der Waals surface area contributed by atoms with Crippen LogP contribution in [0.1, 0.15) is 37.0 Å². The SMILES string of the molecule is CC(=O)c1ccccc1NC(=O)C(C)N1CCC(C(=O)O)CC1.Cl. The number of amides is 1. The molecule has 2 N–H and O–H groups in total. The van der Waals surface area contributed by atoms with E-state index in [1.807, 2.05) is 4.90 Å². The quantitative estimate of drug-likeness (QED) is 0.793. The minimum absolute atomic E-state index is 0. The summed E-state index contributed by atoms with van der Waals surface area (Å²) in [5, 5.41) is 11.8. The molecule has 1 saturated heterocycles. The van der Waals surface area contributed by atoms with E-state index in [0.717, 1.165) is 0 Å². The van der Waals surface area contributed by atoms with Gasteiger partial charge in [0.1, 0.15) is 0 Å². The molecule has 1 aliphatic heterocycles. The predicted octanol–water partition coefficient (Wildman–Crippen LogP) is 2.43. The van der Waals surface area contributed by atoms with Gasteiger partial charge in [0, 0.05) is 5.56 Å². The number of Topliss-reactive ketones (excluding diaryl/α,β-unsaturated/α-hetero) is 1. The average Bonchev–Trinajstić information content (AvgIpc) is 2.54. The number of likely N-dealkylation sites (tertiary alicyclic amines) is 1. The first-order chi connectivity index (χ1) is 10.9. The predicted molar refractivity (Wildman–Crippen MR) is 93.7 cm³/mol. The van der Waals surface area contributed by atoms with E-state index in [4.69, 9.17) is 5.11 Å². The zero-order valence-electron chi connectivity index (χ0n) is 13.8. The van der Waals surface area contributed by atoms with Crippen molar-refractivity contribution in [2.75, 3.05) is 18.4 Å². The van der Waals surface area contributed by atoms with Gasteiger partial charge < -0.3 is 10.4 Å². The van der Waals surface area contributed by atoms with Gasteiger partial charge in [-0.2, -0.15) is 0 Å². The normalized spacial score (nSPS) is 16.8. The second-order valence-electron chi connectivity index (χ2n) is 5.92. The van der Waals surface area contributed by atoms with Crippen molar-refractivity contribution in [1.82, 2.24) is 4.90 Å². The van der Waals surface area contributed by atoms with Crippen LogP contribution in [0, 0.1) is 5.92 Å². The summed E-state index contributed by atoms with van der Waals surface area (Å²) >= 11 is 0. The molecule has 24 heavy (non-hydrogen) atoms. The lowest BCUT2D eigenvalue weighted by Gasteiger charge is -2.33. The van der Waals surface area contributed by atoms with Crippen LogP contribution in [0.4, 0.5) is 5.69 Å². The summed E-state index contributed by atoms with van der Waals surface area (Å²) in [6.07, 6.45) is 1.11. The van der Waals surface area contributed by atoms with Gasteiger partial charge in [-0.25, -0.2) is 0 Å². The first kappa shape index (κ1) is 20.1. The molecule has 132 valence electrons. The smallest absolute Gasteiger partial charge is 0.306 e. The topological polar surface area (TPSA) is 86.7 Å². The summed E-state index contributed by atoms with van der Waals surface area (Å²) in [4.78, 5) is 37.0. The molecule has 1 unspecified atom stereocenters. The van der Waals surface area contributed by atoms with Crippen LogP contribution in [-0.2, 0) is 9.59 Å². The maximum Gasteiger partial charge on any atom is 0.306 e. The molecule has 1 atom stereocenters. The first-order valence-electron chi connectivity index (χ1n) is 7.78. The van der Waals surface area contributed by atoms with Crippen molar-refractivity contribution in [2.45, 2.75) is 32.7 Å². The number of hydrogen-bond acceptors (Lipinski definition) is 4. The van der Waals surface area contributed by atoms with Gasteiger partial charge >= 0.3 is 5.97 Å². The number of ketones is 1. The third kappa shape index (κ3) is 4.79. The minimum Gasteiger partial charge on any atom is -0.481 e. The lowest BCUT2D eigenvalue weighted by molar-refractivity contribution is -0.143. The lowest BCUT2D eigenvalue weighted by Crippen LogP contribution is -2.47. The Morgan fingerprint density at radius 1 is 1.21 bits per heavy atom. The van der Waals surface area contributed by atoms with E-state index in [-0.39, 0.29) is 36.1 Å².